The van der Waals surface area contributed by atoms with Crippen molar-refractivity contribution in [3.05, 3.63) is 23.3 Å². The number of hydrogen-bond acceptors (Lipinski definition) is 4. The minimum absolute atomic E-state index is 0.385. The van der Waals surface area contributed by atoms with E-state index in [2.05, 4.69) is 4.99 Å². The molecular formula is C15H18FNO3. The van der Waals surface area contributed by atoms with Gasteiger partial charge in [0.05, 0.1) is 19.8 Å². The maximum absolute atomic E-state index is 13.8. The maximum atomic E-state index is 13.8. The molecule has 20 heavy (non-hydrogen) atoms. The van der Waals surface area contributed by atoms with Crippen molar-refractivity contribution < 1.29 is 18.7 Å². The number of aliphatic imine (C=N–C) groups is 1. The van der Waals surface area contributed by atoms with E-state index in [9.17, 15) is 9.18 Å². The molecule has 0 heterocycles. The Kier molecular flexibility index (Phi) is 4.09. The predicted molar refractivity (Wildman–Crippen MR) is 72.7 cm³/mol. The van der Waals surface area contributed by atoms with Gasteiger partial charge in [0.25, 0.3) is 0 Å². The number of hydrogen-bond donors (Lipinski definition) is 0. The highest BCUT2D eigenvalue weighted by Crippen LogP contribution is 2.48. The Morgan fingerprint density at radius 2 is 2.05 bits per heavy atom. The van der Waals surface area contributed by atoms with Gasteiger partial charge in [-0.15, -0.1) is 0 Å². The molecule has 1 aliphatic carbocycles. The molecule has 0 aliphatic heterocycles. The molecule has 0 aromatic heterocycles. The number of halogens is 1. The highest BCUT2D eigenvalue weighted by atomic mass is 19.1. The zero-order chi connectivity index (χ0) is 14.8. The predicted octanol–water partition coefficient (Wildman–Crippen LogP) is 3.45. The van der Waals surface area contributed by atoms with Gasteiger partial charge in [-0.1, -0.05) is 0 Å². The van der Waals surface area contributed by atoms with E-state index in [4.69, 9.17) is 9.47 Å². The molecule has 5 heteroatoms. The third kappa shape index (κ3) is 2.29. The lowest BCUT2D eigenvalue weighted by Crippen LogP contribution is -2.32. The van der Waals surface area contributed by atoms with E-state index >= 15 is 0 Å². The van der Waals surface area contributed by atoms with E-state index in [0.29, 0.717) is 17.1 Å². The lowest BCUT2D eigenvalue weighted by atomic mass is 9.72. The van der Waals surface area contributed by atoms with Gasteiger partial charge in [-0.2, -0.15) is 4.99 Å². The van der Waals surface area contributed by atoms with Gasteiger partial charge in [-0.3, -0.25) is 0 Å². The molecule has 0 N–H and O–H groups in total. The van der Waals surface area contributed by atoms with Crippen LogP contribution in [-0.2, 0) is 10.3 Å². The van der Waals surface area contributed by atoms with Gasteiger partial charge >= 0.3 is 0 Å². The molecule has 1 saturated carbocycles. The summed E-state index contributed by atoms with van der Waals surface area (Å²) in [6.45, 7) is 1.44. The van der Waals surface area contributed by atoms with Crippen LogP contribution in [0.15, 0.2) is 17.1 Å². The molecular weight excluding hydrogens is 261 g/mol. The molecule has 1 aromatic carbocycles. The fourth-order valence-electron chi connectivity index (χ4n) is 2.62. The quantitative estimate of drug-likeness (QED) is 0.612. The van der Waals surface area contributed by atoms with Crippen LogP contribution in [0.5, 0.6) is 11.5 Å². The average molecular weight is 279 g/mol. The van der Waals surface area contributed by atoms with Crippen LogP contribution in [0, 0.1) is 0 Å². The normalized spacial score (nSPS) is 17.6. The van der Waals surface area contributed by atoms with Gasteiger partial charge in [0.1, 0.15) is 6.17 Å². The highest BCUT2D eigenvalue weighted by molar-refractivity contribution is 5.53. The molecule has 0 bridgehead atoms. The third-order valence-electron chi connectivity index (χ3n) is 3.91. The molecule has 0 spiro atoms. The van der Waals surface area contributed by atoms with E-state index in [1.807, 2.05) is 0 Å². The van der Waals surface area contributed by atoms with Crippen molar-refractivity contribution in [2.24, 2.45) is 4.99 Å². The zero-order valence-corrected chi connectivity index (χ0v) is 11.9. The summed E-state index contributed by atoms with van der Waals surface area (Å²) in [5, 5.41) is 0. The number of isocyanates is 1. The van der Waals surface area contributed by atoms with Crippen LogP contribution in [0.4, 0.5) is 4.39 Å². The van der Waals surface area contributed by atoms with Crippen molar-refractivity contribution >= 4 is 6.08 Å². The first-order valence-corrected chi connectivity index (χ1v) is 6.57. The van der Waals surface area contributed by atoms with E-state index in [0.717, 1.165) is 24.8 Å². The molecule has 0 saturated heterocycles. The smallest absolute Gasteiger partial charge is 0.235 e. The van der Waals surface area contributed by atoms with Crippen LogP contribution in [0.1, 0.15) is 43.5 Å². The first-order chi connectivity index (χ1) is 9.57. The second kappa shape index (κ2) is 5.63. The van der Waals surface area contributed by atoms with Gasteiger partial charge in [0.15, 0.2) is 11.5 Å². The Morgan fingerprint density at radius 1 is 1.35 bits per heavy atom. The molecule has 0 radical (unpaired) electrons. The molecule has 1 fully saturated rings. The molecule has 108 valence electrons. The van der Waals surface area contributed by atoms with Gasteiger partial charge in [0.2, 0.25) is 6.08 Å². The van der Waals surface area contributed by atoms with Gasteiger partial charge in [0, 0.05) is 5.56 Å². The number of nitrogens with zero attached hydrogens (tertiary/aromatic N) is 1. The van der Waals surface area contributed by atoms with Crippen LogP contribution in [0.25, 0.3) is 0 Å². The first kappa shape index (κ1) is 14.5. The van der Waals surface area contributed by atoms with Crippen LogP contribution in [0.2, 0.25) is 0 Å². The van der Waals surface area contributed by atoms with E-state index in [1.54, 1.807) is 18.2 Å². The Hall–Kier alpha value is -1.87. The summed E-state index contributed by atoms with van der Waals surface area (Å²) in [6.07, 6.45) is 2.94. The van der Waals surface area contributed by atoms with E-state index in [-0.39, 0.29) is 0 Å². The van der Waals surface area contributed by atoms with Crippen molar-refractivity contribution in [1.29, 1.82) is 0 Å². The highest BCUT2D eigenvalue weighted by Gasteiger charge is 2.40. The maximum Gasteiger partial charge on any atom is 0.235 e. The van der Waals surface area contributed by atoms with E-state index in [1.165, 1.54) is 21.1 Å². The lowest BCUT2D eigenvalue weighted by molar-refractivity contribution is 0.252. The summed E-state index contributed by atoms with van der Waals surface area (Å²) < 4.78 is 24.3. The fourth-order valence-corrected chi connectivity index (χ4v) is 2.62. The molecule has 1 aliphatic rings. The van der Waals surface area contributed by atoms with Crippen molar-refractivity contribution in [2.45, 2.75) is 37.9 Å². The van der Waals surface area contributed by atoms with Crippen LogP contribution >= 0.6 is 0 Å². The Balaban J connectivity index is 2.60. The minimum Gasteiger partial charge on any atom is -0.493 e. The Bertz CT molecular complexity index is 546. The summed E-state index contributed by atoms with van der Waals surface area (Å²) in [5.74, 6) is 0.840. The Labute approximate surface area is 117 Å². The SMILES string of the molecule is COc1cc(C2(N=C=O)CCC2)cc(C(C)F)c1OC. The number of ether oxygens (including phenoxy) is 2. The number of rotatable bonds is 5. The third-order valence-corrected chi connectivity index (χ3v) is 3.91. The summed E-state index contributed by atoms with van der Waals surface area (Å²) in [7, 11) is 2.98. The van der Waals surface area contributed by atoms with Crippen LogP contribution in [-0.4, -0.2) is 20.3 Å². The number of alkyl halides is 1. The second-order valence-electron chi connectivity index (χ2n) is 5.01. The Morgan fingerprint density at radius 3 is 2.45 bits per heavy atom. The number of benzene rings is 1. The van der Waals surface area contributed by atoms with Crippen molar-refractivity contribution in [2.75, 3.05) is 14.2 Å². The number of methoxy groups -OCH3 is 2. The van der Waals surface area contributed by atoms with Crippen molar-refractivity contribution in [3.63, 3.8) is 0 Å². The first-order valence-electron chi connectivity index (χ1n) is 6.57. The van der Waals surface area contributed by atoms with Gasteiger partial charge < -0.3 is 9.47 Å². The lowest BCUT2D eigenvalue weighted by Gasteiger charge is -2.37. The largest absolute Gasteiger partial charge is 0.493 e. The topological polar surface area (TPSA) is 47.9 Å². The molecule has 2 rings (SSSR count). The second-order valence-corrected chi connectivity index (χ2v) is 5.01. The molecule has 4 nitrogen and oxygen atoms in total. The van der Waals surface area contributed by atoms with Crippen LogP contribution < -0.4 is 9.47 Å². The molecule has 1 aromatic rings. The van der Waals surface area contributed by atoms with Crippen LogP contribution in [0.3, 0.4) is 0 Å². The van der Waals surface area contributed by atoms with E-state index < -0.39 is 11.7 Å². The van der Waals surface area contributed by atoms with Gasteiger partial charge in [-0.05, 0) is 43.9 Å². The molecule has 1 unspecified atom stereocenters. The van der Waals surface area contributed by atoms with Gasteiger partial charge in [-0.25, -0.2) is 9.18 Å². The van der Waals surface area contributed by atoms with Crippen molar-refractivity contribution in [1.82, 2.24) is 0 Å². The summed E-state index contributed by atoms with van der Waals surface area (Å²) in [6, 6.07) is 3.48. The summed E-state index contributed by atoms with van der Waals surface area (Å²) in [5.41, 5.74) is 0.615. The minimum atomic E-state index is -1.20. The monoisotopic (exact) mass is 279 g/mol. The number of carbonyl (C=O) groups excluding carboxylic acids is 1. The molecule has 1 atom stereocenters. The fraction of sp³-hybridized carbons (Fsp3) is 0.533. The zero-order valence-electron chi connectivity index (χ0n) is 11.9. The molecule has 0 amide bonds. The standard InChI is InChI=1S/C15H18FNO3/c1-10(16)12-7-11(8-13(19-2)14(12)20-3)15(17-9-18)5-4-6-15/h7-8,10H,4-6H2,1-3H3. The average Bonchev–Trinajstić information content (AvgIpc) is 2.41. The summed E-state index contributed by atoms with van der Waals surface area (Å²) in [4.78, 5) is 14.6. The van der Waals surface area contributed by atoms with Crippen molar-refractivity contribution in [3.8, 4) is 11.5 Å². The summed E-state index contributed by atoms with van der Waals surface area (Å²) >= 11 is 0.